The second-order valence-corrected chi connectivity index (χ2v) is 5.15. The fourth-order valence-corrected chi connectivity index (χ4v) is 2.51. The SMILES string of the molecule is Cl.Cl.O=C(NCCC1CCNC1)c1cnc2ccccc2n1. The summed E-state index contributed by atoms with van der Waals surface area (Å²) in [5, 5.41) is 6.25. The second kappa shape index (κ2) is 8.88. The van der Waals surface area contributed by atoms with E-state index in [1.807, 2.05) is 24.3 Å². The van der Waals surface area contributed by atoms with E-state index in [1.165, 1.54) is 12.6 Å². The van der Waals surface area contributed by atoms with Crippen LogP contribution in [-0.2, 0) is 0 Å². The molecule has 1 aromatic heterocycles. The van der Waals surface area contributed by atoms with E-state index in [1.54, 1.807) is 0 Å². The maximum Gasteiger partial charge on any atom is 0.271 e. The van der Waals surface area contributed by atoms with Crippen LogP contribution >= 0.6 is 24.8 Å². The van der Waals surface area contributed by atoms with E-state index in [4.69, 9.17) is 0 Å². The Hall–Kier alpha value is -1.43. The van der Waals surface area contributed by atoms with Crippen LogP contribution in [0.4, 0.5) is 0 Å². The summed E-state index contributed by atoms with van der Waals surface area (Å²) in [6.07, 6.45) is 3.75. The molecule has 7 heteroatoms. The molecular formula is C15H20Cl2N4O. The third kappa shape index (κ3) is 4.53. The number of halogens is 2. The summed E-state index contributed by atoms with van der Waals surface area (Å²) >= 11 is 0. The van der Waals surface area contributed by atoms with Crippen LogP contribution in [0.15, 0.2) is 30.5 Å². The number of hydrogen-bond acceptors (Lipinski definition) is 4. The molecule has 1 aliphatic heterocycles. The van der Waals surface area contributed by atoms with Crippen molar-refractivity contribution in [3.8, 4) is 0 Å². The fourth-order valence-electron chi connectivity index (χ4n) is 2.51. The number of aromatic nitrogens is 2. The highest BCUT2D eigenvalue weighted by molar-refractivity contribution is 5.93. The molecule has 1 saturated heterocycles. The van der Waals surface area contributed by atoms with Gasteiger partial charge in [0.2, 0.25) is 0 Å². The van der Waals surface area contributed by atoms with E-state index in [-0.39, 0.29) is 30.7 Å². The zero-order chi connectivity index (χ0) is 13.8. The number of nitrogens with zero attached hydrogens (tertiary/aromatic N) is 2. The molecule has 3 rings (SSSR count). The number of amides is 1. The Morgan fingerprint density at radius 2 is 2.05 bits per heavy atom. The van der Waals surface area contributed by atoms with Crippen LogP contribution in [0.1, 0.15) is 23.3 Å². The largest absolute Gasteiger partial charge is 0.351 e. The zero-order valence-corrected chi connectivity index (χ0v) is 13.8. The predicted octanol–water partition coefficient (Wildman–Crippen LogP) is 2.20. The Labute approximate surface area is 142 Å². The first-order chi connectivity index (χ1) is 9.83. The van der Waals surface area contributed by atoms with Gasteiger partial charge in [0.1, 0.15) is 5.69 Å². The zero-order valence-electron chi connectivity index (χ0n) is 12.1. The first-order valence-electron chi connectivity index (χ1n) is 7.03. The van der Waals surface area contributed by atoms with E-state index in [2.05, 4.69) is 20.6 Å². The van der Waals surface area contributed by atoms with Gasteiger partial charge in [-0.15, -0.1) is 24.8 Å². The van der Waals surface area contributed by atoms with Gasteiger partial charge in [0.15, 0.2) is 0 Å². The van der Waals surface area contributed by atoms with Gasteiger partial charge in [-0.2, -0.15) is 0 Å². The van der Waals surface area contributed by atoms with Crippen LogP contribution in [0.5, 0.6) is 0 Å². The lowest BCUT2D eigenvalue weighted by Crippen LogP contribution is -2.27. The molecule has 120 valence electrons. The molecule has 0 aliphatic carbocycles. The molecule has 1 atom stereocenters. The Morgan fingerprint density at radius 1 is 1.27 bits per heavy atom. The Morgan fingerprint density at radius 3 is 2.77 bits per heavy atom. The summed E-state index contributed by atoms with van der Waals surface area (Å²) in [6.45, 7) is 2.85. The predicted molar refractivity (Wildman–Crippen MR) is 92.0 cm³/mol. The van der Waals surface area contributed by atoms with Gasteiger partial charge in [0.05, 0.1) is 17.2 Å². The Bertz CT molecular complexity index is 617. The third-order valence-corrected chi connectivity index (χ3v) is 3.68. The van der Waals surface area contributed by atoms with Gasteiger partial charge < -0.3 is 10.6 Å². The van der Waals surface area contributed by atoms with Crippen molar-refractivity contribution in [3.05, 3.63) is 36.2 Å². The number of carbonyl (C=O) groups excluding carboxylic acids is 1. The number of hydrogen-bond donors (Lipinski definition) is 2. The molecule has 22 heavy (non-hydrogen) atoms. The summed E-state index contributed by atoms with van der Waals surface area (Å²) in [5.41, 5.74) is 1.94. The Balaban J connectivity index is 0.00000121. The average Bonchev–Trinajstić information content (AvgIpc) is 3.00. The van der Waals surface area contributed by atoms with E-state index >= 15 is 0 Å². The quantitative estimate of drug-likeness (QED) is 0.893. The number of fused-ring (bicyclic) bond motifs is 1. The molecule has 1 amide bonds. The van der Waals surface area contributed by atoms with Crippen molar-refractivity contribution in [2.75, 3.05) is 19.6 Å². The number of benzene rings is 1. The summed E-state index contributed by atoms with van der Waals surface area (Å²) in [4.78, 5) is 20.6. The molecule has 0 bridgehead atoms. The van der Waals surface area contributed by atoms with E-state index in [9.17, 15) is 4.79 Å². The molecule has 2 heterocycles. The lowest BCUT2D eigenvalue weighted by Gasteiger charge is -2.09. The molecule has 0 spiro atoms. The minimum Gasteiger partial charge on any atom is -0.351 e. The van der Waals surface area contributed by atoms with Crippen molar-refractivity contribution in [1.82, 2.24) is 20.6 Å². The molecule has 0 saturated carbocycles. The van der Waals surface area contributed by atoms with Crippen LogP contribution in [0.25, 0.3) is 11.0 Å². The topological polar surface area (TPSA) is 66.9 Å². The lowest BCUT2D eigenvalue weighted by atomic mass is 10.1. The smallest absolute Gasteiger partial charge is 0.271 e. The molecule has 1 fully saturated rings. The number of nitrogens with one attached hydrogen (secondary N) is 2. The maximum absolute atomic E-state index is 12.0. The standard InChI is InChI=1S/C15H18N4O.2ClH/c20-15(17-8-6-11-5-7-16-9-11)14-10-18-12-3-1-2-4-13(12)19-14;;/h1-4,10-11,16H,5-9H2,(H,17,20);2*1H. The van der Waals surface area contributed by atoms with Crippen LogP contribution in [0.2, 0.25) is 0 Å². The first-order valence-corrected chi connectivity index (χ1v) is 7.03. The second-order valence-electron chi connectivity index (χ2n) is 5.15. The van der Waals surface area contributed by atoms with Crippen LogP contribution in [0, 0.1) is 5.92 Å². The van der Waals surface area contributed by atoms with E-state index < -0.39 is 0 Å². The van der Waals surface area contributed by atoms with Gasteiger partial charge in [-0.3, -0.25) is 9.78 Å². The number of para-hydroxylation sites is 2. The molecule has 1 unspecified atom stereocenters. The lowest BCUT2D eigenvalue weighted by molar-refractivity contribution is 0.0946. The van der Waals surface area contributed by atoms with Crippen molar-refractivity contribution in [3.63, 3.8) is 0 Å². The minimum absolute atomic E-state index is 0. The molecular weight excluding hydrogens is 323 g/mol. The van der Waals surface area contributed by atoms with Gasteiger partial charge in [-0.1, -0.05) is 12.1 Å². The van der Waals surface area contributed by atoms with Gasteiger partial charge in [-0.05, 0) is 44.0 Å². The van der Waals surface area contributed by atoms with Crippen molar-refractivity contribution in [1.29, 1.82) is 0 Å². The van der Waals surface area contributed by atoms with Crippen LogP contribution in [0.3, 0.4) is 0 Å². The average molecular weight is 343 g/mol. The van der Waals surface area contributed by atoms with E-state index in [0.29, 0.717) is 18.2 Å². The normalized spacial score (nSPS) is 16.6. The van der Waals surface area contributed by atoms with Gasteiger partial charge in [-0.25, -0.2) is 4.98 Å². The van der Waals surface area contributed by atoms with Crippen LogP contribution < -0.4 is 10.6 Å². The summed E-state index contributed by atoms with van der Waals surface area (Å²) in [6, 6.07) is 7.55. The fraction of sp³-hybridized carbons (Fsp3) is 0.400. The molecule has 2 N–H and O–H groups in total. The van der Waals surface area contributed by atoms with Crippen molar-refractivity contribution in [2.24, 2.45) is 5.92 Å². The highest BCUT2D eigenvalue weighted by Crippen LogP contribution is 2.11. The summed E-state index contributed by atoms with van der Waals surface area (Å²) in [7, 11) is 0. The number of carbonyl (C=O) groups is 1. The summed E-state index contributed by atoms with van der Waals surface area (Å²) in [5.74, 6) is 0.534. The maximum atomic E-state index is 12.0. The highest BCUT2D eigenvalue weighted by atomic mass is 35.5. The number of rotatable bonds is 4. The van der Waals surface area contributed by atoms with Gasteiger partial charge in [0.25, 0.3) is 5.91 Å². The first kappa shape index (κ1) is 18.6. The molecule has 0 radical (unpaired) electrons. The molecule has 1 aliphatic rings. The molecule has 1 aromatic carbocycles. The van der Waals surface area contributed by atoms with E-state index in [0.717, 1.165) is 30.5 Å². The van der Waals surface area contributed by atoms with Crippen molar-refractivity contribution >= 4 is 41.8 Å². The minimum atomic E-state index is -0.144. The van der Waals surface area contributed by atoms with Crippen LogP contribution in [-0.4, -0.2) is 35.5 Å². The summed E-state index contributed by atoms with van der Waals surface area (Å²) < 4.78 is 0. The highest BCUT2D eigenvalue weighted by Gasteiger charge is 2.15. The third-order valence-electron chi connectivity index (χ3n) is 3.68. The van der Waals surface area contributed by atoms with Crippen molar-refractivity contribution < 1.29 is 4.79 Å². The van der Waals surface area contributed by atoms with Gasteiger partial charge >= 0.3 is 0 Å². The van der Waals surface area contributed by atoms with Gasteiger partial charge in [0, 0.05) is 6.54 Å². The monoisotopic (exact) mass is 342 g/mol. The molecule has 2 aromatic rings. The van der Waals surface area contributed by atoms with Crippen molar-refractivity contribution in [2.45, 2.75) is 12.8 Å². The molecule has 5 nitrogen and oxygen atoms in total. The Kier molecular flexibility index (Phi) is 7.51.